The molecule has 0 aliphatic heterocycles. The Hall–Kier alpha value is -2.56. The molecule has 3 rings (SSSR count). The highest BCUT2D eigenvalue weighted by atomic mass is 15.3. The number of nitrogens with one attached hydrogen (secondary N) is 1. The van der Waals surface area contributed by atoms with Crippen molar-refractivity contribution in [3.05, 3.63) is 53.9 Å². The number of hydrogen-bond donors (Lipinski definition) is 2. The zero-order chi connectivity index (χ0) is 13.2. The van der Waals surface area contributed by atoms with E-state index in [-0.39, 0.29) is 0 Å². The van der Waals surface area contributed by atoms with Crippen molar-refractivity contribution in [2.24, 2.45) is 0 Å². The average Bonchev–Trinajstić information content (AvgIpc) is 2.85. The molecular formula is C14H15N5. The molecular weight excluding hydrogens is 238 g/mol. The van der Waals surface area contributed by atoms with Gasteiger partial charge >= 0.3 is 0 Å². The van der Waals surface area contributed by atoms with E-state index in [1.54, 1.807) is 10.8 Å². The van der Waals surface area contributed by atoms with Gasteiger partial charge in [-0.15, -0.1) is 0 Å². The minimum atomic E-state index is 0.658. The fourth-order valence-electron chi connectivity index (χ4n) is 2.06. The molecule has 96 valence electrons. The van der Waals surface area contributed by atoms with E-state index >= 15 is 0 Å². The van der Waals surface area contributed by atoms with E-state index in [0.717, 1.165) is 28.3 Å². The predicted octanol–water partition coefficient (Wildman–Crippen LogP) is 2.23. The van der Waals surface area contributed by atoms with Crippen LogP contribution in [0.3, 0.4) is 0 Å². The second kappa shape index (κ2) is 4.61. The lowest BCUT2D eigenvalue weighted by molar-refractivity contribution is 0.941. The summed E-state index contributed by atoms with van der Waals surface area (Å²) < 4.78 is 1.78. The Balaban J connectivity index is 1.90. The third-order valence-corrected chi connectivity index (χ3v) is 3.04. The lowest BCUT2D eigenvalue weighted by Crippen LogP contribution is -2.07. The van der Waals surface area contributed by atoms with E-state index in [9.17, 15) is 0 Å². The molecule has 3 aromatic rings. The molecule has 0 aliphatic carbocycles. The quantitative estimate of drug-likeness (QED) is 0.702. The number of nitrogens with zero attached hydrogens (tertiary/aromatic N) is 3. The number of benzene rings is 1. The number of para-hydroxylation sites is 1. The molecule has 0 radical (unpaired) electrons. The highest BCUT2D eigenvalue weighted by molar-refractivity contribution is 5.53. The smallest absolute Gasteiger partial charge is 0.157 e. The van der Waals surface area contributed by atoms with Gasteiger partial charge < -0.3 is 11.1 Å². The van der Waals surface area contributed by atoms with Crippen LogP contribution < -0.4 is 11.1 Å². The Morgan fingerprint density at radius 2 is 2.11 bits per heavy atom. The number of anilines is 2. The van der Waals surface area contributed by atoms with E-state index in [1.807, 2.05) is 43.3 Å². The summed E-state index contributed by atoms with van der Waals surface area (Å²) in [5.41, 5.74) is 9.77. The van der Waals surface area contributed by atoms with Gasteiger partial charge in [-0.3, -0.25) is 0 Å². The molecule has 2 aromatic heterocycles. The maximum atomic E-state index is 5.93. The molecule has 0 bridgehead atoms. The summed E-state index contributed by atoms with van der Waals surface area (Å²) >= 11 is 0. The maximum Gasteiger partial charge on any atom is 0.157 e. The first-order valence-corrected chi connectivity index (χ1v) is 6.12. The highest BCUT2D eigenvalue weighted by Gasteiger charge is 2.04. The van der Waals surface area contributed by atoms with Gasteiger partial charge in [-0.1, -0.05) is 18.2 Å². The first-order valence-electron chi connectivity index (χ1n) is 6.12. The van der Waals surface area contributed by atoms with E-state index in [4.69, 9.17) is 5.73 Å². The second-order valence-electron chi connectivity index (χ2n) is 4.50. The number of aryl methyl sites for hydroxylation is 1. The number of rotatable bonds is 3. The van der Waals surface area contributed by atoms with Gasteiger partial charge in [0.2, 0.25) is 0 Å². The minimum Gasteiger partial charge on any atom is -0.398 e. The van der Waals surface area contributed by atoms with Gasteiger partial charge in [0, 0.05) is 12.2 Å². The summed E-state index contributed by atoms with van der Waals surface area (Å²) in [6, 6.07) is 11.9. The summed E-state index contributed by atoms with van der Waals surface area (Å²) in [5, 5.41) is 7.56. The molecule has 3 N–H and O–H groups in total. The Bertz CT molecular complexity index is 717. The Kier molecular flexibility index (Phi) is 2.79. The molecule has 0 unspecified atom stereocenters. The van der Waals surface area contributed by atoms with Gasteiger partial charge in [0.15, 0.2) is 5.65 Å². The molecule has 0 saturated heterocycles. The summed E-state index contributed by atoms with van der Waals surface area (Å²) in [4.78, 5) is 4.20. The number of hydrogen-bond acceptors (Lipinski definition) is 4. The normalized spacial score (nSPS) is 10.8. The van der Waals surface area contributed by atoms with E-state index < -0.39 is 0 Å². The van der Waals surface area contributed by atoms with Gasteiger partial charge in [0.1, 0.15) is 12.1 Å². The Labute approximate surface area is 111 Å². The molecule has 0 fully saturated rings. The summed E-state index contributed by atoms with van der Waals surface area (Å²) in [5.74, 6) is 0.913. The van der Waals surface area contributed by atoms with Crippen LogP contribution >= 0.6 is 0 Å². The third kappa shape index (κ3) is 2.22. The summed E-state index contributed by atoms with van der Waals surface area (Å²) in [6.45, 7) is 2.70. The van der Waals surface area contributed by atoms with Gasteiger partial charge in [0.25, 0.3) is 0 Å². The van der Waals surface area contributed by atoms with Crippen LogP contribution in [0.25, 0.3) is 5.65 Å². The zero-order valence-corrected chi connectivity index (χ0v) is 10.7. The van der Waals surface area contributed by atoms with Gasteiger partial charge in [0.05, 0.1) is 0 Å². The first kappa shape index (κ1) is 11.5. The van der Waals surface area contributed by atoms with Crippen LogP contribution in [0.15, 0.2) is 42.7 Å². The average molecular weight is 253 g/mol. The topological polar surface area (TPSA) is 68.2 Å². The van der Waals surface area contributed by atoms with Gasteiger partial charge in [-0.05, 0) is 36.2 Å². The van der Waals surface area contributed by atoms with Crippen molar-refractivity contribution < 1.29 is 0 Å². The largest absolute Gasteiger partial charge is 0.398 e. The third-order valence-electron chi connectivity index (χ3n) is 3.04. The van der Waals surface area contributed by atoms with Crippen molar-refractivity contribution in [1.29, 1.82) is 0 Å². The Morgan fingerprint density at radius 3 is 2.95 bits per heavy atom. The Morgan fingerprint density at radius 1 is 1.26 bits per heavy atom. The van der Waals surface area contributed by atoms with E-state index in [2.05, 4.69) is 15.4 Å². The molecule has 0 spiro atoms. The summed E-state index contributed by atoms with van der Waals surface area (Å²) in [6.07, 6.45) is 1.55. The number of aromatic nitrogens is 3. The van der Waals surface area contributed by atoms with Gasteiger partial charge in [-0.25, -0.2) is 4.98 Å². The van der Waals surface area contributed by atoms with Crippen molar-refractivity contribution in [3.63, 3.8) is 0 Å². The molecule has 2 heterocycles. The molecule has 5 nitrogen and oxygen atoms in total. The fourth-order valence-corrected chi connectivity index (χ4v) is 2.06. The van der Waals surface area contributed by atoms with Gasteiger partial charge in [-0.2, -0.15) is 9.61 Å². The van der Waals surface area contributed by atoms with Crippen molar-refractivity contribution in [2.45, 2.75) is 13.5 Å². The van der Waals surface area contributed by atoms with Crippen molar-refractivity contribution >= 4 is 17.2 Å². The van der Waals surface area contributed by atoms with E-state index in [0.29, 0.717) is 6.54 Å². The van der Waals surface area contributed by atoms with Crippen molar-refractivity contribution in [2.75, 3.05) is 11.1 Å². The molecule has 0 aliphatic rings. The molecule has 5 heteroatoms. The lowest BCUT2D eigenvalue weighted by atomic mass is 10.2. The number of fused-ring (bicyclic) bond motifs is 1. The van der Waals surface area contributed by atoms with Crippen LogP contribution in [-0.2, 0) is 6.54 Å². The van der Waals surface area contributed by atoms with E-state index in [1.165, 1.54) is 0 Å². The molecule has 0 amide bonds. The maximum absolute atomic E-state index is 5.93. The zero-order valence-electron chi connectivity index (χ0n) is 10.7. The molecule has 0 atom stereocenters. The van der Waals surface area contributed by atoms with Crippen LogP contribution in [0.4, 0.5) is 11.5 Å². The molecule has 19 heavy (non-hydrogen) atoms. The summed E-state index contributed by atoms with van der Waals surface area (Å²) in [7, 11) is 0. The van der Waals surface area contributed by atoms with Crippen molar-refractivity contribution in [1.82, 2.24) is 14.6 Å². The monoisotopic (exact) mass is 253 g/mol. The minimum absolute atomic E-state index is 0.658. The SMILES string of the molecule is Cc1cc(NCc2ccccc2N)n2ncnc2c1. The number of pyridine rings is 1. The number of nitrogens with two attached hydrogens (primary N) is 1. The highest BCUT2D eigenvalue weighted by Crippen LogP contribution is 2.16. The predicted molar refractivity (Wildman–Crippen MR) is 75.9 cm³/mol. The molecule has 1 aromatic carbocycles. The van der Waals surface area contributed by atoms with Crippen LogP contribution in [0.2, 0.25) is 0 Å². The second-order valence-corrected chi connectivity index (χ2v) is 4.50. The van der Waals surface area contributed by atoms with Crippen LogP contribution in [0, 0.1) is 6.92 Å². The van der Waals surface area contributed by atoms with Crippen LogP contribution in [0.5, 0.6) is 0 Å². The number of nitrogen functional groups attached to an aromatic ring is 1. The van der Waals surface area contributed by atoms with Crippen LogP contribution in [-0.4, -0.2) is 14.6 Å². The first-order chi connectivity index (χ1) is 9.24. The fraction of sp³-hybridized carbons (Fsp3) is 0.143. The lowest BCUT2D eigenvalue weighted by Gasteiger charge is -2.10. The van der Waals surface area contributed by atoms with Crippen LogP contribution in [0.1, 0.15) is 11.1 Å². The van der Waals surface area contributed by atoms with Crippen molar-refractivity contribution in [3.8, 4) is 0 Å². The molecule has 0 saturated carbocycles. The standard InChI is InChI=1S/C14H15N5/c1-10-6-13(19-14(7-10)17-9-18-19)16-8-11-4-2-3-5-12(11)15/h2-7,9,16H,8,15H2,1H3.